The Balaban J connectivity index is 1.88. The number of Topliss-reactive ketones (excluding diaryl/α,β-unsaturated/α-hetero) is 1. The molecule has 0 fully saturated rings. The summed E-state index contributed by atoms with van der Waals surface area (Å²) < 4.78 is 10.5. The van der Waals surface area contributed by atoms with Gasteiger partial charge in [0.05, 0.1) is 26.3 Å². The highest BCUT2D eigenvalue weighted by atomic mass is 16.5. The number of methoxy groups -OCH3 is 2. The van der Waals surface area contributed by atoms with Crippen molar-refractivity contribution in [1.29, 1.82) is 0 Å². The van der Waals surface area contributed by atoms with Gasteiger partial charge in [-0.25, -0.2) is 0 Å². The quantitative estimate of drug-likeness (QED) is 0.867. The van der Waals surface area contributed by atoms with E-state index in [1.54, 1.807) is 37.3 Å². The van der Waals surface area contributed by atoms with E-state index in [-0.39, 0.29) is 18.1 Å². The molecule has 0 saturated carbocycles. The number of hydrogen-bond acceptors (Lipinski definition) is 4. The monoisotopic (exact) mass is 325 g/mol. The summed E-state index contributed by atoms with van der Waals surface area (Å²) in [6.45, 7) is 0.376. The molecule has 1 aliphatic heterocycles. The van der Waals surface area contributed by atoms with Crippen molar-refractivity contribution in [1.82, 2.24) is 0 Å². The van der Waals surface area contributed by atoms with E-state index >= 15 is 0 Å². The van der Waals surface area contributed by atoms with Gasteiger partial charge in [-0.3, -0.25) is 9.59 Å². The van der Waals surface area contributed by atoms with E-state index in [2.05, 4.69) is 0 Å². The zero-order chi connectivity index (χ0) is 17.1. The van der Waals surface area contributed by atoms with Gasteiger partial charge in [-0.15, -0.1) is 0 Å². The second-order valence-corrected chi connectivity index (χ2v) is 5.60. The molecular weight excluding hydrogens is 306 g/mol. The average molecular weight is 325 g/mol. The van der Waals surface area contributed by atoms with Crippen LogP contribution in [0, 0.1) is 0 Å². The van der Waals surface area contributed by atoms with Crippen LogP contribution in [0.2, 0.25) is 0 Å². The Morgan fingerprint density at radius 2 is 1.83 bits per heavy atom. The van der Waals surface area contributed by atoms with Gasteiger partial charge in [0.15, 0.2) is 5.78 Å². The smallest absolute Gasteiger partial charge is 0.231 e. The number of rotatable bonds is 4. The van der Waals surface area contributed by atoms with Gasteiger partial charge >= 0.3 is 0 Å². The van der Waals surface area contributed by atoms with Crippen LogP contribution < -0.4 is 14.4 Å². The molecule has 124 valence electrons. The van der Waals surface area contributed by atoms with Crippen molar-refractivity contribution in [3.05, 3.63) is 53.6 Å². The molecule has 0 atom stereocenters. The lowest BCUT2D eigenvalue weighted by Gasteiger charge is -2.30. The predicted molar refractivity (Wildman–Crippen MR) is 91.0 cm³/mol. The van der Waals surface area contributed by atoms with Crippen LogP contribution >= 0.6 is 0 Å². The first-order chi connectivity index (χ1) is 11.6. The fourth-order valence-electron chi connectivity index (χ4n) is 2.91. The second-order valence-electron chi connectivity index (χ2n) is 5.60. The summed E-state index contributed by atoms with van der Waals surface area (Å²) in [5.74, 6) is 1.28. The first-order valence-corrected chi connectivity index (χ1v) is 7.77. The number of anilines is 1. The molecule has 3 rings (SSSR count). The van der Waals surface area contributed by atoms with Crippen LogP contribution in [0.25, 0.3) is 0 Å². The van der Waals surface area contributed by atoms with Gasteiger partial charge in [-0.05, 0) is 29.8 Å². The van der Waals surface area contributed by atoms with Crippen LogP contribution in [0.4, 0.5) is 5.69 Å². The highest BCUT2D eigenvalue weighted by Crippen LogP contribution is 2.36. The van der Waals surface area contributed by atoms with Crippen LogP contribution in [0.5, 0.6) is 11.5 Å². The summed E-state index contributed by atoms with van der Waals surface area (Å²) in [6, 6.07) is 12.7. The molecular formula is C19H19NO4. The summed E-state index contributed by atoms with van der Waals surface area (Å²) in [4.78, 5) is 26.6. The third-order valence-electron chi connectivity index (χ3n) is 4.17. The molecule has 0 aliphatic carbocycles. The van der Waals surface area contributed by atoms with Crippen molar-refractivity contribution in [2.24, 2.45) is 0 Å². The maximum absolute atomic E-state index is 12.8. The largest absolute Gasteiger partial charge is 0.497 e. The molecule has 5 heteroatoms. The van der Waals surface area contributed by atoms with Crippen molar-refractivity contribution >= 4 is 17.4 Å². The van der Waals surface area contributed by atoms with Crippen LogP contribution in [0.1, 0.15) is 22.3 Å². The van der Waals surface area contributed by atoms with E-state index in [0.29, 0.717) is 30.0 Å². The maximum Gasteiger partial charge on any atom is 0.231 e. The zero-order valence-electron chi connectivity index (χ0n) is 13.7. The van der Waals surface area contributed by atoms with Crippen LogP contribution in [0.15, 0.2) is 42.5 Å². The Morgan fingerprint density at radius 1 is 1.08 bits per heavy atom. The number of hydrogen-bond donors (Lipinski definition) is 0. The molecule has 0 radical (unpaired) electrons. The number of ketones is 1. The highest BCUT2D eigenvalue weighted by molar-refractivity contribution is 6.10. The zero-order valence-corrected chi connectivity index (χ0v) is 13.7. The minimum atomic E-state index is -0.0570. The summed E-state index contributed by atoms with van der Waals surface area (Å²) >= 11 is 0. The molecule has 2 aromatic rings. The van der Waals surface area contributed by atoms with Crippen molar-refractivity contribution < 1.29 is 19.1 Å². The number of amides is 1. The molecule has 1 amide bonds. The molecule has 1 aliphatic rings. The van der Waals surface area contributed by atoms with E-state index < -0.39 is 0 Å². The minimum absolute atomic E-state index is 0.0393. The second kappa shape index (κ2) is 6.74. The summed E-state index contributed by atoms with van der Waals surface area (Å²) in [7, 11) is 3.15. The number of nitrogens with zero attached hydrogens (tertiary/aromatic N) is 1. The Morgan fingerprint density at radius 3 is 2.50 bits per heavy atom. The van der Waals surface area contributed by atoms with Gasteiger partial charge in [0.1, 0.15) is 11.5 Å². The molecule has 5 nitrogen and oxygen atoms in total. The van der Waals surface area contributed by atoms with Crippen LogP contribution in [0.3, 0.4) is 0 Å². The van der Waals surface area contributed by atoms with E-state index in [1.807, 2.05) is 24.3 Å². The molecule has 24 heavy (non-hydrogen) atoms. The Labute approximate surface area is 140 Å². The Bertz CT molecular complexity index is 767. The summed E-state index contributed by atoms with van der Waals surface area (Å²) in [6.07, 6.45) is 0.587. The highest BCUT2D eigenvalue weighted by Gasteiger charge is 2.30. The van der Waals surface area contributed by atoms with Crippen molar-refractivity contribution in [2.45, 2.75) is 12.8 Å². The van der Waals surface area contributed by atoms with Crippen molar-refractivity contribution in [3.63, 3.8) is 0 Å². The number of carbonyl (C=O) groups excluding carboxylic acids is 2. The molecule has 0 unspecified atom stereocenters. The van der Waals surface area contributed by atoms with Gasteiger partial charge in [0, 0.05) is 18.5 Å². The van der Waals surface area contributed by atoms with Gasteiger partial charge in [0.25, 0.3) is 0 Å². The first-order valence-electron chi connectivity index (χ1n) is 7.77. The van der Waals surface area contributed by atoms with E-state index in [0.717, 1.165) is 11.3 Å². The summed E-state index contributed by atoms with van der Waals surface area (Å²) in [5, 5.41) is 0. The fourth-order valence-corrected chi connectivity index (χ4v) is 2.91. The Kier molecular flexibility index (Phi) is 4.51. The van der Waals surface area contributed by atoms with Crippen molar-refractivity contribution in [3.8, 4) is 11.5 Å². The number of ether oxygens (including phenoxy) is 2. The van der Waals surface area contributed by atoms with Gasteiger partial charge in [0.2, 0.25) is 5.91 Å². The number of fused-ring (bicyclic) bond motifs is 1. The standard InChI is InChI=1S/C19H19NO4/c1-23-14-8-6-13(7-9-14)12-18(22)20-11-10-16(21)15-4-3-5-17(24-2)19(15)20/h3-9H,10-12H2,1-2H3. The van der Waals surface area contributed by atoms with E-state index in [9.17, 15) is 9.59 Å². The maximum atomic E-state index is 12.8. The van der Waals surface area contributed by atoms with Gasteiger partial charge in [-0.2, -0.15) is 0 Å². The molecule has 1 heterocycles. The lowest BCUT2D eigenvalue weighted by molar-refractivity contribution is -0.118. The van der Waals surface area contributed by atoms with Gasteiger partial charge < -0.3 is 14.4 Å². The van der Waals surface area contributed by atoms with E-state index in [4.69, 9.17) is 9.47 Å². The lowest BCUT2D eigenvalue weighted by atomic mass is 9.98. The molecule has 0 aromatic heterocycles. The number of carbonyl (C=O) groups is 2. The molecule has 0 N–H and O–H groups in total. The number of benzene rings is 2. The van der Waals surface area contributed by atoms with Gasteiger partial charge in [-0.1, -0.05) is 18.2 Å². The minimum Gasteiger partial charge on any atom is -0.497 e. The molecule has 0 spiro atoms. The normalized spacial score (nSPS) is 13.4. The predicted octanol–water partition coefficient (Wildman–Crippen LogP) is 2.87. The SMILES string of the molecule is COc1ccc(CC(=O)N2CCC(=O)c3cccc(OC)c32)cc1. The third-order valence-corrected chi connectivity index (χ3v) is 4.17. The topological polar surface area (TPSA) is 55.8 Å². The third kappa shape index (κ3) is 2.97. The molecule has 0 bridgehead atoms. The Hall–Kier alpha value is -2.82. The van der Waals surface area contributed by atoms with E-state index in [1.165, 1.54) is 0 Å². The van der Waals surface area contributed by atoms with Crippen molar-refractivity contribution in [2.75, 3.05) is 25.7 Å². The number of para-hydroxylation sites is 1. The van der Waals surface area contributed by atoms with Crippen LogP contribution in [-0.2, 0) is 11.2 Å². The fraction of sp³-hybridized carbons (Fsp3) is 0.263. The summed E-state index contributed by atoms with van der Waals surface area (Å²) in [5.41, 5.74) is 2.02. The average Bonchev–Trinajstić information content (AvgIpc) is 2.62. The molecule has 0 saturated heterocycles. The molecule has 2 aromatic carbocycles. The first kappa shape index (κ1) is 16.1. The van der Waals surface area contributed by atoms with Crippen LogP contribution in [-0.4, -0.2) is 32.5 Å². The lowest BCUT2D eigenvalue weighted by Crippen LogP contribution is -2.38.